The first-order valence-electron chi connectivity index (χ1n) is 5.74. The maximum Gasteiger partial charge on any atom is 0.137 e. The molecule has 3 heterocycles. The zero-order valence-electron chi connectivity index (χ0n) is 10.2. The second kappa shape index (κ2) is 4.10. The van der Waals surface area contributed by atoms with Crippen LogP contribution in [0.4, 0.5) is 0 Å². The van der Waals surface area contributed by atoms with Gasteiger partial charge in [0.1, 0.15) is 10.8 Å². The van der Waals surface area contributed by atoms with Gasteiger partial charge in [0.2, 0.25) is 0 Å². The van der Waals surface area contributed by atoms with Gasteiger partial charge in [-0.2, -0.15) is 0 Å². The van der Waals surface area contributed by atoms with Crippen LogP contribution in [-0.2, 0) is 0 Å². The second-order valence-electron chi connectivity index (χ2n) is 4.28. The van der Waals surface area contributed by atoms with Crippen molar-refractivity contribution < 1.29 is 0 Å². The van der Waals surface area contributed by atoms with Gasteiger partial charge < -0.3 is 0 Å². The Balaban J connectivity index is 2.30. The van der Waals surface area contributed by atoms with Crippen molar-refractivity contribution in [1.82, 2.24) is 14.4 Å². The summed E-state index contributed by atoms with van der Waals surface area (Å²) in [7, 11) is 0. The second-order valence-corrected chi connectivity index (χ2v) is 4.64. The third-order valence-corrected chi connectivity index (χ3v) is 3.36. The summed E-state index contributed by atoms with van der Waals surface area (Å²) < 4.78 is 2.03. The molecule has 4 heteroatoms. The first-order valence-corrected chi connectivity index (χ1v) is 6.12. The Hall–Kier alpha value is -1.87. The van der Waals surface area contributed by atoms with Crippen LogP contribution in [0.3, 0.4) is 0 Å². The van der Waals surface area contributed by atoms with Crippen molar-refractivity contribution >= 4 is 17.2 Å². The van der Waals surface area contributed by atoms with Crippen LogP contribution in [0.2, 0.25) is 5.15 Å². The predicted octanol–water partition coefficient (Wildman–Crippen LogP) is 3.67. The van der Waals surface area contributed by atoms with Crippen LogP contribution in [0, 0.1) is 13.8 Å². The Kier molecular flexibility index (Phi) is 2.56. The van der Waals surface area contributed by atoms with Gasteiger partial charge >= 0.3 is 0 Å². The molecule has 3 rings (SSSR count). The molecule has 0 unspecified atom stereocenters. The Morgan fingerprint density at radius 3 is 2.67 bits per heavy atom. The number of fused-ring (bicyclic) bond motifs is 1. The highest BCUT2D eigenvalue weighted by Gasteiger charge is 2.12. The summed E-state index contributed by atoms with van der Waals surface area (Å²) >= 11 is 6.09. The molecule has 0 bridgehead atoms. The first kappa shape index (κ1) is 11.2. The maximum atomic E-state index is 6.09. The summed E-state index contributed by atoms with van der Waals surface area (Å²) in [5.41, 5.74) is 4.69. The number of aryl methyl sites for hydroxylation is 2. The van der Waals surface area contributed by atoms with E-state index in [1.54, 1.807) is 0 Å². The Morgan fingerprint density at radius 1 is 1.06 bits per heavy atom. The van der Waals surface area contributed by atoms with Crippen LogP contribution < -0.4 is 0 Å². The summed E-state index contributed by atoms with van der Waals surface area (Å²) in [4.78, 5) is 8.95. The molecule has 0 saturated heterocycles. The van der Waals surface area contributed by atoms with Crippen LogP contribution in [0.25, 0.3) is 17.0 Å². The first-order chi connectivity index (χ1) is 8.66. The number of aromatic nitrogens is 3. The number of hydrogen-bond acceptors (Lipinski definition) is 2. The third kappa shape index (κ3) is 1.68. The average molecular weight is 258 g/mol. The molecule has 0 atom stereocenters. The van der Waals surface area contributed by atoms with E-state index in [-0.39, 0.29) is 0 Å². The molecule has 0 amide bonds. The molecular weight excluding hydrogens is 246 g/mol. The van der Waals surface area contributed by atoms with E-state index >= 15 is 0 Å². The number of imidazole rings is 1. The van der Waals surface area contributed by atoms with Crippen molar-refractivity contribution in [2.45, 2.75) is 13.8 Å². The lowest BCUT2D eigenvalue weighted by Gasteiger charge is -2.04. The molecule has 0 aliphatic carbocycles. The van der Waals surface area contributed by atoms with Crippen molar-refractivity contribution in [3.8, 4) is 11.4 Å². The minimum Gasteiger partial charge on any atom is -0.298 e. The highest BCUT2D eigenvalue weighted by Crippen LogP contribution is 2.25. The molecule has 0 aromatic carbocycles. The number of rotatable bonds is 1. The fourth-order valence-electron chi connectivity index (χ4n) is 2.06. The smallest absolute Gasteiger partial charge is 0.137 e. The van der Waals surface area contributed by atoms with Crippen molar-refractivity contribution in [3.05, 3.63) is 52.9 Å². The van der Waals surface area contributed by atoms with Gasteiger partial charge in [0.05, 0.1) is 17.1 Å². The molecule has 0 aliphatic heterocycles. The van der Waals surface area contributed by atoms with Crippen molar-refractivity contribution in [3.63, 3.8) is 0 Å². The minimum atomic E-state index is 0.540. The maximum absolute atomic E-state index is 6.09. The van der Waals surface area contributed by atoms with Gasteiger partial charge in [-0.1, -0.05) is 23.7 Å². The van der Waals surface area contributed by atoms with E-state index in [9.17, 15) is 0 Å². The van der Waals surface area contributed by atoms with Crippen molar-refractivity contribution in [2.24, 2.45) is 0 Å². The average Bonchev–Trinajstić information content (AvgIpc) is 2.69. The molecule has 3 aromatic heterocycles. The van der Waals surface area contributed by atoms with E-state index in [1.165, 1.54) is 0 Å². The van der Waals surface area contributed by atoms with Gasteiger partial charge in [-0.05, 0) is 37.6 Å². The van der Waals surface area contributed by atoms with Crippen molar-refractivity contribution in [1.29, 1.82) is 0 Å². The van der Waals surface area contributed by atoms with E-state index in [0.717, 1.165) is 28.3 Å². The lowest BCUT2D eigenvalue weighted by atomic mass is 10.2. The van der Waals surface area contributed by atoms with E-state index in [1.807, 2.05) is 54.8 Å². The highest BCUT2D eigenvalue weighted by atomic mass is 35.5. The molecule has 0 saturated carbocycles. The van der Waals surface area contributed by atoms with Gasteiger partial charge in [0.25, 0.3) is 0 Å². The van der Waals surface area contributed by atoms with E-state index < -0.39 is 0 Å². The summed E-state index contributed by atoms with van der Waals surface area (Å²) in [6, 6.07) is 9.89. The fraction of sp³-hybridized carbons (Fsp3) is 0.143. The normalized spacial score (nSPS) is 11.1. The molecule has 0 radical (unpaired) electrons. The molecule has 3 nitrogen and oxygen atoms in total. The third-order valence-electron chi connectivity index (χ3n) is 2.98. The van der Waals surface area contributed by atoms with Crippen LogP contribution in [0.15, 0.2) is 36.5 Å². The van der Waals surface area contributed by atoms with Gasteiger partial charge in [-0.25, -0.2) is 9.97 Å². The molecule has 3 aromatic rings. The molecular formula is C14H12ClN3. The van der Waals surface area contributed by atoms with Gasteiger partial charge in [0, 0.05) is 6.20 Å². The largest absolute Gasteiger partial charge is 0.298 e. The quantitative estimate of drug-likeness (QED) is 0.623. The van der Waals surface area contributed by atoms with Crippen LogP contribution >= 0.6 is 11.6 Å². The monoisotopic (exact) mass is 257 g/mol. The summed E-state index contributed by atoms with van der Waals surface area (Å²) in [6.07, 6.45) is 1.99. The van der Waals surface area contributed by atoms with Crippen LogP contribution in [0.5, 0.6) is 0 Å². The molecule has 18 heavy (non-hydrogen) atoms. The SMILES string of the molecule is Cc1ccc(-c2c(C)nc3ccccn23)nc1Cl. The molecule has 90 valence electrons. The number of pyridine rings is 2. The van der Waals surface area contributed by atoms with E-state index in [2.05, 4.69) is 9.97 Å². The van der Waals surface area contributed by atoms with Crippen molar-refractivity contribution in [2.75, 3.05) is 0 Å². The van der Waals surface area contributed by atoms with E-state index in [4.69, 9.17) is 11.6 Å². The fourth-order valence-corrected chi connectivity index (χ4v) is 2.21. The lowest BCUT2D eigenvalue weighted by Crippen LogP contribution is -1.92. The van der Waals surface area contributed by atoms with Crippen LogP contribution in [-0.4, -0.2) is 14.4 Å². The summed E-state index contributed by atoms with van der Waals surface area (Å²) in [5, 5.41) is 0.540. The Bertz CT molecular complexity index is 731. The van der Waals surface area contributed by atoms with Gasteiger partial charge in [0.15, 0.2) is 0 Å². The summed E-state index contributed by atoms with van der Waals surface area (Å²) in [5.74, 6) is 0. The molecule has 0 spiro atoms. The Labute approximate surface area is 110 Å². The molecule has 0 aliphatic rings. The van der Waals surface area contributed by atoms with Gasteiger partial charge in [-0.15, -0.1) is 0 Å². The minimum absolute atomic E-state index is 0.540. The topological polar surface area (TPSA) is 30.2 Å². The van der Waals surface area contributed by atoms with Gasteiger partial charge in [-0.3, -0.25) is 4.40 Å². The highest BCUT2D eigenvalue weighted by molar-refractivity contribution is 6.30. The standard InChI is InChI=1S/C14H12ClN3/c1-9-6-7-11(17-14(9)15)13-10(2)16-12-5-3-4-8-18(12)13/h3-8H,1-2H3. The lowest BCUT2D eigenvalue weighted by molar-refractivity contribution is 1.15. The van der Waals surface area contributed by atoms with E-state index in [0.29, 0.717) is 5.15 Å². The zero-order valence-corrected chi connectivity index (χ0v) is 10.9. The number of hydrogen-bond donors (Lipinski definition) is 0. The predicted molar refractivity (Wildman–Crippen MR) is 72.9 cm³/mol. The van der Waals surface area contributed by atoms with Crippen LogP contribution in [0.1, 0.15) is 11.3 Å². The number of halogens is 1. The molecule has 0 fully saturated rings. The number of nitrogens with zero attached hydrogens (tertiary/aromatic N) is 3. The Morgan fingerprint density at radius 2 is 1.89 bits per heavy atom. The zero-order chi connectivity index (χ0) is 12.7. The summed E-state index contributed by atoms with van der Waals surface area (Å²) in [6.45, 7) is 3.93. The molecule has 0 N–H and O–H groups in total.